The standard InChI is InChI=1S/C23H28N4O/c24-20-18(13-25-21(26-20)17-9-4-5-10-17)22(28)27-14-19(16-7-2-1-3-8-16)23(15-27)11-6-12-23/h1-3,7-8,13,17,19H,4-6,9-12,14-15H2,(H2,24,25,26). The van der Waals surface area contributed by atoms with E-state index in [0.717, 1.165) is 31.8 Å². The maximum absolute atomic E-state index is 13.3. The monoisotopic (exact) mass is 376 g/mol. The van der Waals surface area contributed by atoms with Gasteiger partial charge >= 0.3 is 0 Å². The van der Waals surface area contributed by atoms with Gasteiger partial charge in [-0.05, 0) is 36.7 Å². The Kier molecular flexibility index (Phi) is 4.33. The van der Waals surface area contributed by atoms with E-state index in [1.165, 1.54) is 37.7 Å². The van der Waals surface area contributed by atoms with Gasteiger partial charge in [0.2, 0.25) is 0 Å². The molecule has 5 heteroatoms. The van der Waals surface area contributed by atoms with Crippen molar-refractivity contribution in [3.63, 3.8) is 0 Å². The summed E-state index contributed by atoms with van der Waals surface area (Å²) >= 11 is 0. The van der Waals surface area contributed by atoms with Gasteiger partial charge in [-0.25, -0.2) is 9.97 Å². The Balaban J connectivity index is 1.38. The van der Waals surface area contributed by atoms with E-state index in [9.17, 15) is 4.79 Å². The lowest BCUT2D eigenvalue weighted by Crippen LogP contribution is -2.38. The van der Waals surface area contributed by atoms with Crippen LogP contribution in [-0.4, -0.2) is 33.9 Å². The number of carbonyl (C=O) groups excluding carboxylic acids is 1. The molecule has 5 rings (SSSR count). The largest absolute Gasteiger partial charge is 0.383 e. The molecule has 1 spiro atoms. The summed E-state index contributed by atoms with van der Waals surface area (Å²) in [6, 6.07) is 10.7. The maximum atomic E-state index is 13.3. The number of nitrogen functional groups attached to an aromatic ring is 1. The first-order chi connectivity index (χ1) is 13.7. The first-order valence-corrected chi connectivity index (χ1v) is 10.6. The highest BCUT2D eigenvalue weighted by molar-refractivity contribution is 5.98. The molecule has 2 N–H and O–H groups in total. The first-order valence-electron chi connectivity index (χ1n) is 10.6. The Morgan fingerprint density at radius 1 is 1.11 bits per heavy atom. The fraction of sp³-hybridized carbons (Fsp3) is 0.522. The van der Waals surface area contributed by atoms with Crippen molar-refractivity contribution in [3.8, 4) is 0 Å². The molecule has 0 radical (unpaired) electrons. The van der Waals surface area contributed by atoms with Gasteiger partial charge in [0, 0.05) is 31.1 Å². The predicted octanol–water partition coefficient (Wildman–Crippen LogP) is 4.13. The number of carbonyl (C=O) groups is 1. The van der Waals surface area contributed by atoms with Crippen molar-refractivity contribution in [1.82, 2.24) is 14.9 Å². The summed E-state index contributed by atoms with van der Waals surface area (Å²) in [7, 11) is 0. The third-order valence-electron chi connectivity index (χ3n) is 7.27. The van der Waals surface area contributed by atoms with Crippen molar-refractivity contribution in [2.45, 2.75) is 56.8 Å². The number of hydrogen-bond acceptors (Lipinski definition) is 4. The number of nitrogens with zero attached hydrogens (tertiary/aromatic N) is 3. The highest BCUT2D eigenvalue weighted by Crippen LogP contribution is 2.55. The second kappa shape index (κ2) is 6.87. The summed E-state index contributed by atoms with van der Waals surface area (Å²) in [6.07, 6.45) is 10.0. The van der Waals surface area contributed by atoms with Crippen LogP contribution in [-0.2, 0) is 0 Å². The average molecular weight is 377 g/mol. The molecule has 1 aromatic carbocycles. The molecule has 146 valence electrons. The van der Waals surface area contributed by atoms with Crippen LogP contribution in [0.2, 0.25) is 0 Å². The number of nitrogens with two attached hydrogens (primary N) is 1. The van der Waals surface area contributed by atoms with Crippen LogP contribution in [0.5, 0.6) is 0 Å². The smallest absolute Gasteiger partial charge is 0.259 e. The SMILES string of the molecule is Nc1nc(C2CCCC2)ncc1C(=O)N1CC(c2ccccc2)C2(CCC2)C1. The van der Waals surface area contributed by atoms with Crippen molar-refractivity contribution >= 4 is 11.7 Å². The van der Waals surface area contributed by atoms with Gasteiger partial charge in [0.25, 0.3) is 5.91 Å². The number of rotatable bonds is 3. The topological polar surface area (TPSA) is 72.1 Å². The number of hydrogen-bond donors (Lipinski definition) is 1. The second-order valence-electron chi connectivity index (χ2n) is 8.87. The summed E-state index contributed by atoms with van der Waals surface area (Å²) < 4.78 is 0. The lowest BCUT2D eigenvalue weighted by Gasteiger charge is -2.43. The van der Waals surface area contributed by atoms with Crippen LogP contribution in [0.4, 0.5) is 5.82 Å². The fourth-order valence-electron chi connectivity index (χ4n) is 5.53. The normalized spacial score (nSPS) is 23.9. The molecule has 5 nitrogen and oxygen atoms in total. The van der Waals surface area contributed by atoms with Gasteiger partial charge in [-0.2, -0.15) is 0 Å². The summed E-state index contributed by atoms with van der Waals surface area (Å²) in [4.78, 5) is 24.3. The van der Waals surface area contributed by atoms with E-state index in [1.54, 1.807) is 6.20 Å². The third-order valence-corrected chi connectivity index (χ3v) is 7.27. The molecule has 2 aromatic rings. The van der Waals surface area contributed by atoms with Crippen molar-refractivity contribution in [1.29, 1.82) is 0 Å². The maximum Gasteiger partial charge on any atom is 0.259 e. The van der Waals surface area contributed by atoms with Crippen LogP contribution in [0, 0.1) is 5.41 Å². The van der Waals surface area contributed by atoms with Crippen molar-refractivity contribution < 1.29 is 4.79 Å². The zero-order valence-corrected chi connectivity index (χ0v) is 16.3. The summed E-state index contributed by atoms with van der Waals surface area (Å²) in [5.41, 5.74) is 8.26. The molecule has 0 bridgehead atoms. The molecule has 28 heavy (non-hydrogen) atoms. The molecule has 1 amide bonds. The molecular weight excluding hydrogens is 348 g/mol. The number of aromatic nitrogens is 2. The minimum atomic E-state index is -0.0137. The fourth-order valence-corrected chi connectivity index (χ4v) is 5.53. The summed E-state index contributed by atoms with van der Waals surface area (Å²) in [5, 5.41) is 0. The van der Waals surface area contributed by atoms with E-state index >= 15 is 0 Å². The van der Waals surface area contributed by atoms with Gasteiger partial charge in [-0.1, -0.05) is 49.6 Å². The Bertz CT molecular complexity index is 871. The van der Waals surface area contributed by atoms with Gasteiger partial charge in [0.05, 0.1) is 0 Å². The summed E-state index contributed by atoms with van der Waals surface area (Å²) in [5.74, 6) is 1.95. The van der Waals surface area contributed by atoms with Crippen molar-refractivity contribution in [3.05, 3.63) is 53.5 Å². The average Bonchev–Trinajstić information content (AvgIpc) is 3.36. The van der Waals surface area contributed by atoms with Gasteiger partial charge in [-0.3, -0.25) is 4.79 Å². The van der Waals surface area contributed by atoms with Crippen LogP contribution in [0.3, 0.4) is 0 Å². The first kappa shape index (κ1) is 17.7. The minimum absolute atomic E-state index is 0.0137. The zero-order chi connectivity index (χ0) is 19.1. The lowest BCUT2D eigenvalue weighted by molar-refractivity contribution is 0.0725. The Labute approximate surface area is 166 Å². The van der Waals surface area contributed by atoms with Gasteiger partial charge in [0.1, 0.15) is 17.2 Å². The van der Waals surface area contributed by atoms with Crippen LogP contribution < -0.4 is 5.73 Å². The minimum Gasteiger partial charge on any atom is -0.383 e. The molecule has 1 saturated heterocycles. The second-order valence-corrected chi connectivity index (χ2v) is 8.87. The Morgan fingerprint density at radius 3 is 2.50 bits per heavy atom. The van der Waals surface area contributed by atoms with Gasteiger partial charge in [0.15, 0.2) is 0 Å². The Hall–Kier alpha value is -2.43. The highest BCUT2D eigenvalue weighted by Gasteiger charge is 2.52. The summed E-state index contributed by atoms with van der Waals surface area (Å²) in [6.45, 7) is 1.57. The molecule has 2 aliphatic carbocycles. The molecule has 2 saturated carbocycles. The number of benzene rings is 1. The molecule has 1 aromatic heterocycles. The predicted molar refractivity (Wildman–Crippen MR) is 109 cm³/mol. The number of likely N-dealkylation sites (tertiary alicyclic amines) is 1. The molecule has 1 aliphatic heterocycles. The van der Waals surface area contributed by atoms with E-state index in [1.807, 2.05) is 4.90 Å². The molecule has 3 aliphatic rings. The van der Waals surface area contributed by atoms with Crippen LogP contribution >= 0.6 is 0 Å². The van der Waals surface area contributed by atoms with Crippen LogP contribution in [0.25, 0.3) is 0 Å². The van der Waals surface area contributed by atoms with Gasteiger partial charge < -0.3 is 10.6 Å². The van der Waals surface area contributed by atoms with E-state index in [2.05, 4.69) is 40.3 Å². The van der Waals surface area contributed by atoms with Crippen LogP contribution in [0.1, 0.15) is 78.5 Å². The Morgan fingerprint density at radius 2 is 1.86 bits per heavy atom. The molecule has 1 unspecified atom stereocenters. The van der Waals surface area contributed by atoms with Crippen LogP contribution in [0.15, 0.2) is 36.5 Å². The molecular formula is C23H28N4O. The van der Waals surface area contributed by atoms with E-state index in [-0.39, 0.29) is 11.3 Å². The van der Waals surface area contributed by atoms with E-state index < -0.39 is 0 Å². The third kappa shape index (κ3) is 2.88. The van der Waals surface area contributed by atoms with E-state index in [4.69, 9.17) is 5.73 Å². The highest BCUT2D eigenvalue weighted by atomic mass is 16.2. The molecule has 1 atom stereocenters. The van der Waals surface area contributed by atoms with Crippen molar-refractivity contribution in [2.75, 3.05) is 18.8 Å². The van der Waals surface area contributed by atoms with Crippen molar-refractivity contribution in [2.24, 2.45) is 5.41 Å². The number of amides is 1. The quantitative estimate of drug-likeness (QED) is 0.874. The lowest BCUT2D eigenvalue weighted by atomic mass is 9.61. The van der Waals surface area contributed by atoms with E-state index in [0.29, 0.717) is 23.2 Å². The zero-order valence-electron chi connectivity index (χ0n) is 16.3. The molecule has 2 heterocycles. The van der Waals surface area contributed by atoms with Gasteiger partial charge in [-0.15, -0.1) is 0 Å². The number of anilines is 1. The molecule has 3 fully saturated rings.